The molecule has 1 fully saturated rings. The summed E-state index contributed by atoms with van der Waals surface area (Å²) in [6.07, 6.45) is 3.83. The van der Waals surface area contributed by atoms with Crippen LogP contribution in [0.1, 0.15) is 44.9 Å². The van der Waals surface area contributed by atoms with E-state index >= 15 is 0 Å². The third-order valence-electron chi connectivity index (χ3n) is 4.45. The van der Waals surface area contributed by atoms with E-state index < -0.39 is 28.0 Å². The molecule has 8 heteroatoms. The SMILES string of the molecule is O=C(CC1(C(=O)O)CCCCCC1)Nc1cc([N+](=O)[O-])ccc1F. The summed E-state index contributed by atoms with van der Waals surface area (Å²) in [7, 11) is 0. The first kappa shape index (κ1) is 17.8. The number of amides is 1. The van der Waals surface area contributed by atoms with Gasteiger partial charge in [0.05, 0.1) is 16.0 Å². The minimum Gasteiger partial charge on any atom is -0.481 e. The Bertz CT molecular complexity index is 654. The van der Waals surface area contributed by atoms with Crippen molar-refractivity contribution < 1.29 is 24.0 Å². The minimum atomic E-state index is -1.15. The number of hydrogen-bond donors (Lipinski definition) is 2. The fraction of sp³-hybridized carbons (Fsp3) is 0.500. The maximum absolute atomic E-state index is 13.7. The summed E-state index contributed by atoms with van der Waals surface area (Å²) < 4.78 is 13.7. The van der Waals surface area contributed by atoms with E-state index in [1.807, 2.05) is 0 Å². The van der Waals surface area contributed by atoms with E-state index in [-0.39, 0.29) is 17.8 Å². The molecule has 1 saturated carbocycles. The number of nitro benzene ring substituents is 1. The van der Waals surface area contributed by atoms with Crippen molar-refractivity contribution >= 4 is 23.3 Å². The van der Waals surface area contributed by atoms with Gasteiger partial charge in [0, 0.05) is 18.6 Å². The Labute approximate surface area is 138 Å². The fourth-order valence-electron chi connectivity index (χ4n) is 3.10. The fourth-order valence-corrected chi connectivity index (χ4v) is 3.10. The van der Waals surface area contributed by atoms with Crippen LogP contribution in [0.2, 0.25) is 0 Å². The van der Waals surface area contributed by atoms with Gasteiger partial charge < -0.3 is 10.4 Å². The lowest BCUT2D eigenvalue weighted by atomic mass is 9.77. The Kier molecular flexibility index (Phi) is 5.48. The van der Waals surface area contributed by atoms with Crippen molar-refractivity contribution in [2.45, 2.75) is 44.9 Å². The summed E-state index contributed by atoms with van der Waals surface area (Å²) in [4.78, 5) is 34.0. The van der Waals surface area contributed by atoms with Crippen LogP contribution in [0, 0.1) is 21.3 Å². The molecule has 0 spiro atoms. The van der Waals surface area contributed by atoms with Crippen LogP contribution in [0.3, 0.4) is 0 Å². The number of benzene rings is 1. The zero-order valence-electron chi connectivity index (χ0n) is 13.1. The number of halogens is 1. The van der Waals surface area contributed by atoms with Crippen molar-refractivity contribution in [1.29, 1.82) is 0 Å². The molecule has 0 saturated heterocycles. The molecule has 1 amide bonds. The molecular formula is C16H19FN2O5. The van der Waals surface area contributed by atoms with Crippen LogP contribution in [0.15, 0.2) is 18.2 Å². The zero-order chi connectivity index (χ0) is 17.7. The van der Waals surface area contributed by atoms with Crippen LogP contribution < -0.4 is 5.32 Å². The molecule has 0 atom stereocenters. The van der Waals surface area contributed by atoms with Crippen LogP contribution in [0.4, 0.5) is 15.8 Å². The first-order valence-electron chi connectivity index (χ1n) is 7.81. The number of nitro groups is 1. The number of rotatable bonds is 5. The van der Waals surface area contributed by atoms with Gasteiger partial charge in [0.1, 0.15) is 5.82 Å². The zero-order valence-corrected chi connectivity index (χ0v) is 13.1. The molecule has 2 rings (SSSR count). The molecule has 0 radical (unpaired) electrons. The predicted octanol–water partition coefficient (Wildman–Crippen LogP) is 3.49. The summed E-state index contributed by atoms with van der Waals surface area (Å²) in [6.45, 7) is 0. The Morgan fingerprint density at radius 1 is 1.25 bits per heavy atom. The van der Waals surface area contributed by atoms with Gasteiger partial charge >= 0.3 is 5.97 Å². The number of carboxylic acid groups (broad SMARTS) is 1. The van der Waals surface area contributed by atoms with Gasteiger partial charge in [-0.15, -0.1) is 0 Å². The van der Waals surface area contributed by atoms with Gasteiger partial charge in [0.2, 0.25) is 5.91 Å². The second-order valence-electron chi connectivity index (χ2n) is 6.15. The predicted molar refractivity (Wildman–Crippen MR) is 84.1 cm³/mol. The number of carboxylic acids is 1. The summed E-state index contributed by atoms with van der Waals surface area (Å²) in [5.74, 6) is -2.49. The van der Waals surface area contributed by atoms with Crippen molar-refractivity contribution in [2.24, 2.45) is 5.41 Å². The molecule has 1 aliphatic rings. The van der Waals surface area contributed by atoms with Crippen LogP contribution in [0.25, 0.3) is 0 Å². The highest BCUT2D eigenvalue weighted by Crippen LogP contribution is 2.39. The van der Waals surface area contributed by atoms with Crippen molar-refractivity contribution in [1.82, 2.24) is 0 Å². The summed E-state index contributed by atoms with van der Waals surface area (Å²) in [5.41, 5.74) is -1.82. The molecule has 0 heterocycles. The summed E-state index contributed by atoms with van der Waals surface area (Å²) >= 11 is 0. The van der Waals surface area contributed by atoms with Crippen molar-refractivity contribution in [3.63, 3.8) is 0 Å². The van der Waals surface area contributed by atoms with E-state index in [9.17, 15) is 29.2 Å². The lowest BCUT2D eigenvalue weighted by molar-refractivity contribution is -0.384. The van der Waals surface area contributed by atoms with Crippen LogP contribution in [0.5, 0.6) is 0 Å². The van der Waals surface area contributed by atoms with Gasteiger partial charge in [0.25, 0.3) is 5.69 Å². The van der Waals surface area contributed by atoms with E-state index in [4.69, 9.17) is 0 Å². The van der Waals surface area contributed by atoms with E-state index in [2.05, 4.69) is 5.32 Å². The monoisotopic (exact) mass is 338 g/mol. The molecule has 0 unspecified atom stereocenters. The number of nitrogens with one attached hydrogen (secondary N) is 1. The van der Waals surface area contributed by atoms with Crippen LogP contribution in [-0.4, -0.2) is 21.9 Å². The lowest BCUT2D eigenvalue weighted by Gasteiger charge is -2.27. The van der Waals surface area contributed by atoms with Gasteiger partial charge in [-0.3, -0.25) is 19.7 Å². The highest BCUT2D eigenvalue weighted by molar-refractivity contribution is 5.94. The van der Waals surface area contributed by atoms with E-state index in [0.717, 1.165) is 43.9 Å². The third-order valence-corrected chi connectivity index (χ3v) is 4.45. The number of nitrogens with zero attached hydrogens (tertiary/aromatic N) is 1. The summed E-state index contributed by atoms with van der Waals surface area (Å²) in [6, 6.07) is 2.81. The molecule has 1 aromatic rings. The maximum Gasteiger partial charge on any atom is 0.310 e. The van der Waals surface area contributed by atoms with E-state index in [1.54, 1.807) is 0 Å². The number of non-ortho nitro benzene ring substituents is 1. The van der Waals surface area contributed by atoms with E-state index in [1.165, 1.54) is 0 Å². The molecule has 0 aromatic heterocycles. The Balaban J connectivity index is 2.15. The van der Waals surface area contributed by atoms with Crippen LogP contribution >= 0.6 is 0 Å². The minimum absolute atomic E-state index is 0.273. The van der Waals surface area contributed by atoms with Crippen molar-refractivity contribution in [2.75, 3.05) is 5.32 Å². The van der Waals surface area contributed by atoms with Crippen molar-refractivity contribution in [3.8, 4) is 0 Å². The second kappa shape index (κ2) is 7.37. The van der Waals surface area contributed by atoms with Gasteiger partial charge in [-0.05, 0) is 18.9 Å². The molecule has 130 valence electrons. The Morgan fingerprint density at radius 2 is 1.88 bits per heavy atom. The van der Waals surface area contributed by atoms with E-state index in [0.29, 0.717) is 12.8 Å². The number of carbonyl (C=O) groups excluding carboxylic acids is 1. The Morgan fingerprint density at radius 3 is 2.42 bits per heavy atom. The first-order chi connectivity index (χ1) is 11.3. The first-order valence-corrected chi connectivity index (χ1v) is 7.81. The number of aliphatic carboxylic acids is 1. The molecule has 24 heavy (non-hydrogen) atoms. The standard InChI is InChI=1S/C16H19FN2O5/c17-12-6-5-11(19(23)24)9-13(12)18-14(20)10-16(15(21)22)7-3-1-2-4-8-16/h5-6,9H,1-4,7-8,10H2,(H,18,20)(H,21,22). The molecule has 0 bridgehead atoms. The molecule has 2 N–H and O–H groups in total. The van der Waals surface area contributed by atoms with Gasteiger partial charge in [0.15, 0.2) is 0 Å². The normalized spacial score (nSPS) is 16.9. The smallest absolute Gasteiger partial charge is 0.310 e. The number of carbonyl (C=O) groups is 2. The van der Waals surface area contributed by atoms with Crippen LogP contribution in [-0.2, 0) is 9.59 Å². The molecule has 7 nitrogen and oxygen atoms in total. The quantitative estimate of drug-likeness (QED) is 0.485. The lowest BCUT2D eigenvalue weighted by Crippen LogP contribution is -2.35. The number of hydrogen-bond acceptors (Lipinski definition) is 4. The van der Waals surface area contributed by atoms with Gasteiger partial charge in [-0.25, -0.2) is 4.39 Å². The Hall–Kier alpha value is -2.51. The van der Waals surface area contributed by atoms with Gasteiger partial charge in [-0.2, -0.15) is 0 Å². The average molecular weight is 338 g/mol. The third kappa shape index (κ3) is 4.06. The molecular weight excluding hydrogens is 319 g/mol. The molecule has 1 aliphatic carbocycles. The van der Waals surface area contributed by atoms with Crippen molar-refractivity contribution in [3.05, 3.63) is 34.1 Å². The molecule has 0 aliphatic heterocycles. The largest absolute Gasteiger partial charge is 0.481 e. The summed E-state index contributed by atoms with van der Waals surface area (Å²) in [5, 5.41) is 22.6. The average Bonchev–Trinajstić information content (AvgIpc) is 2.75. The highest BCUT2D eigenvalue weighted by Gasteiger charge is 2.40. The van der Waals surface area contributed by atoms with Gasteiger partial charge in [-0.1, -0.05) is 25.7 Å². The molecule has 1 aromatic carbocycles. The highest BCUT2D eigenvalue weighted by atomic mass is 19.1. The maximum atomic E-state index is 13.7. The second-order valence-corrected chi connectivity index (χ2v) is 6.15. The number of anilines is 1. The topological polar surface area (TPSA) is 110 Å².